The molecule has 0 aliphatic rings. The topological polar surface area (TPSA) is 37.3 Å². The van der Waals surface area contributed by atoms with Gasteiger partial charge in [-0.05, 0) is 37.1 Å². The highest BCUT2D eigenvalue weighted by Gasteiger charge is 2.16. The van der Waals surface area contributed by atoms with Gasteiger partial charge in [0.1, 0.15) is 5.75 Å². The van der Waals surface area contributed by atoms with E-state index < -0.39 is 5.38 Å². The first kappa shape index (κ1) is 15.3. The Morgan fingerprint density at radius 2 is 1.72 bits per heavy atom. The third-order valence-electron chi connectivity index (χ3n) is 2.78. The van der Waals surface area contributed by atoms with Crippen molar-refractivity contribution in [1.29, 1.82) is 0 Å². The highest BCUT2D eigenvalue weighted by Crippen LogP contribution is 2.17. The average molecular weight is 289 g/mol. The molecule has 1 rings (SSSR count). The molecule has 1 aromatic carbocycles. The summed E-state index contributed by atoms with van der Waals surface area (Å²) in [5, 5.41) is 8.66. The van der Waals surface area contributed by atoms with E-state index in [2.05, 4.69) is 0 Å². The molecule has 0 fully saturated rings. The summed E-state index contributed by atoms with van der Waals surface area (Å²) < 4.78 is 0. The number of alkyl halides is 2. The highest BCUT2D eigenvalue weighted by atomic mass is 35.5. The van der Waals surface area contributed by atoms with Crippen LogP contribution >= 0.6 is 23.2 Å². The lowest BCUT2D eigenvalue weighted by Crippen LogP contribution is -2.14. The van der Waals surface area contributed by atoms with Gasteiger partial charge in [-0.1, -0.05) is 19.3 Å². The standard InChI is InChI=1S/C14H18Cl2O2/c15-10-4-2-1-3-5-13(16)14(18)11-6-8-12(17)9-7-11/h6-9,13,17H,1-5,10H2. The van der Waals surface area contributed by atoms with Crippen molar-refractivity contribution in [2.24, 2.45) is 0 Å². The van der Waals surface area contributed by atoms with E-state index in [-0.39, 0.29) is 11.5 Å². The van der Waals surface area contributed by atoms with Gasteiger partial charge in [0.05, 0.1) is 5.38 Å². The van der Waals surface area contributed by atoms with E-state index in [1.54, 1.807) is 12.1 Å². The van der Waals surface area contributed by atoms with Crippen LogP contribution < -0.4 is 0 Å². The number of Topliss-reactive ketones (excluding diaryl/α,β-unsaturated/α-hetero) is 1. The van der Waals surface area contributed by atoms with E-state index in [1.165, 1.54) is 12.1 Å². The number of rotatable bonds is 8. The van der Waals surface area contributed by atoms with Gasteiger partial charge in [0.25, 0.3) is 0 Å². The molecule has 0 bridgehead atoms. The lowest BCUT2D eigenvalue weighted by atomic mass is 10.0. The maximum Gasteiger partial charge on any atom is 0.180 e. The summed E-state index contributed by atoms with van der Waals surface area (Å²) in [6, 6.07) is 6.19. The third kappa shape index (κ3) is 5.28. The van der Waals surface area contributed by atoms with Crippen LogP contribution in [0.5, 0.6) is 5.75 Å². The number of benzene rings is 1. The number of ketones is 1. The van der Waals surface area contributed by atoms with E-state index in [9.17, 15) is 4.79 Å². The minimum Gasteiger partial charge on any atom is -0.508 e. The van der Waals surface area contributed by atoms with E-state index >= 15 is 0 Å². The van der Waals surface area contributed by atoms with Crippen LogP contribution in [0.4, 0.5) is 0 Å². The van der Waals surface area contributed by atoms with Crippen molar-refractivity contribution in [2.45, 2.75) is 37.5 Å². The molecule has 18 heavy (non-hydrogen) atoms. The highest BCUT2D eigenvalue weighted by molar-refractivity contribution is 6.33. The Balaban J connectivity index is 2.34. The van der Waals surface area contributed by atoms with Crippen molar-refractivity contribution in [3.8, 4) is 5.75 Å². The fourth-order valence-corrected chi connectivity index (χ4v) is 2.18. The van der Waals surface area contributed by atoms with Crippen LogP contribution in [0.2, 0.25) is 0 Å². The Hall–Kier alpha value is -0.730. The predicted molar refractivity (Wildman–Crippen MR) is 75.9 cm³/mol. The molecular weight excluding hydrogens is 271 g/mol. The summed E-state index contributed by atoms with van der Waals surface area (Å²) in [7, 11) is 0. The van der Waals surface area contributed by atoms with Gasteiger partial charge >= 0.3 is 0 Å². The second-order valence-corrected chi connectivity index (χ2v) is 5.18. The van der Waals surface area contributed by atoms with Gasteiger partial charge < -0.3 is 5.11 Å². The molecule has 0 amide bonds. The van der Waals surface area contributed by atoms with Crippen LogP contribution in [0.15, 0.2) is 24.3 Å². The van der Waals surface area contributed by atoms with Gasteiger partial charge in [0.15, 0.2) is 5.78 Å². The van der Waals surface area contributed by atoms with E-state index in [0.29, 0.717) is 17.9 Å². The van der Waals surface area contributed by atoms with Gasteiger partial charge in [-0.25, -0.2) is 0 Å². The number of hydrogen-bond acceptors (Lipinski definition) is 2. The number of halogens is 2. The van der Waals surface area contributed by atoms with Gasteiger partial charge in [-0.15, -0.1) is 23.2 Å². The van der Waals surface area contributed by atoms with Crippen LogP contribution in [0.1, 0.15) is 42.5 Å². The number of phenolic OH excluding ortho intramolecular Hbond substituents is 1. The minimum absolute atomic E-state index is 0.0750. The molecule has 0 spiro atoms. The molecule has 1 N–H and O–H groups in total. The summed E-state index contributed by atoms with van der Waals surface area (Å²) in [5.41, 5.74) is 0.550. The van der Waals surface area contributed by atoms with Crippen LogP contribution in [0, 0.1) is 0 Å². The molecule has 0 heterocycles. The zero-order valence-corrected chi connectivity index (χ0v) is 11.8. The molecule has 0 saturated carbocycles. The van der Waals surface area contributed by atoms with Gasteiger partial charge in [0.2, 0.25) is 0 Å². The van der Waals surface area contributed by atoms with Crippen molar-refractivity contribution < 1.29 is 9.90 Å². The van der Waals surface area contributed by atoms with E-state index in [0.717, 1.165) is 25.7 Å². The molecule has 4 heteroatoms. The van der Waals surface area contributed by atoms with Gasteiger partial charge in [0, 0.05) is 11.4 Å². The zero-order chi connectivity index (χ0) is 13.4. The molecule has 0 saturated heterocycles. The predicted octanol–water partition coefficient (Wildman–Crippen LogP) is 4.37. The summed E-state index contributed by atoms with van der Waals surface area (Å²) in [5.74, 6) is 0.768. The first-order chi connectivity index (χ1) is 8.65. The largest absolute Gasteiger partial charge is 0.508 e. The first-order valence-corrected chi connectivity index (χ1v) is 7.15. The quantitative estimate of drug-likeness (QED) is 0.438. The Bertz CT molecular complexity index is 363. The van der Waals surface area contributed by atoms with Crippen LogP contribution in [-0.2, 0) is 0 Å². The Morgan fingerprint density at radius 3 is 2.33 bits per heavy atom. The summed E-state index contributed by atoms with van der Waals surface area (Å²) in [4.78, 5) is 11.9. The Morgan fingerprint density at radius 1 is 1.11 bits per heavy atom. The zero-order valence-electron chi connectivity index (χ0n) is 10.2. The van der Waals surface area contributed by atoms with Gasteiger partial charge in [-0.2, -0.15) is 0 Å². The second-order valence-electron chi connectivity index (χ2n) is 4.27. The Labute approximate surface area is 118 Å². The molecule has 0 aliphatic heterocycles. The molecule has 0 aromatic heterocycles. The van der Waals surface area contributed by atoms with Crippen molar-refractivity contribution in [1.82, 2.24) is 0 Å². The molecular formula is C14H18Cl2O2. The summed E-state index contributed by atoms with van der Waals surface area (Å²) in [6.45, 7) is 0. The molecule has 100 valence electrons. The van der Waals surface area contributed by atoms with Crippen molar-refractivity contribution in [2.75, 3.05) is 5.88 Å². The SMILES string of the molecule is O=C(c1ccc(O)cc1)C(Cl)CCCCCCCl. The van der Waals surface area contributed by atoms with Gasteiger partial charge in [-0.3, -0.25) is 4.79 Å². The number of carbonyl (C=O) groups excluding carboxylic acids is 1. The van der Waals surface area contributed by atoms with Crippen molar-refractivity contribution in [3.63, 3.8) is 0 Å². The lowest BCUT2D eigenvalue weighted by molar-refractivity contribution is 0.0983. The maximum atomic E-state index is 11.9. The van der Waals surface area contributed by atoms with Crippen LogP contribution in [0.3, 0.4) is 0 Å². The molecule has 2 nitrogen and oxygen atoms in total. The average Bonchev–Trinajstić information content (AvgIpc) is 2.38. The van der Waals surface area contributed by atoms with Crippen LogP contribution in [0.25, 0.3) is 0 Å². The first-order valence-electron chi connectivity index (χ1n) is 6.18. The molecule has 1 unspecified atom stereocenters. The fourth-order valence-electron chi connectivity index (χ4n) is 1.71. The number of unbranched alkanes of at least 4 members (excludes halogenated alkanes) is 3. The molecule has 1 aromatic rings. The monoisotopic (exact) mass is 288 g/mol. The number of carbonyl (C=O) groups is 1. The molecule has 0 aliphatic carbocycles. The minimum atomic E-state index is -0.481. The molecule has 0 radical (unpaired) electrons. The van der Waals surface area contributed by atoms with Crippen LogP contribution in [-0.4, -0.2) is 22.1 Å². The van der Waals surface area contributed by atoms with Crippen molar-refractivity contribution in [3.05, 3.63) is 29.8 Å². The number of phenols is 1. The second kappa shape index (κ2) is 8.39. The summed E-state index contributed by atoms with van der Waals surface area (Å²) >= 11 is 11.7. The normalized spacial score (nSPS) is 12.3. The molecule has 1 atom stereocenters. The number of aromatic hydroxyl groups is 1. The smallest absolute Gasteiger partial charge is 0.180 e. The maximum absolute atomic E-state index is 11.9. The fraction of sp³-hybridized carbons (Fsp3) is 0.500. The van der Waals surface area contributed by atoms with E-state index in [1.807, 2.05) is 0 Å². The lowest BCUT2D eigenvalue weighted by Gasteiger charge is -2.08. The summed E-state index contributed by atoms with van der Waals surface area (Å²) in [6.07, 6.45) is 4.78. The Kier molecular flexibility index (Phi) is 7.14. The van der Waals surface area contributed by atoms with Crippen molar-refractivity contribution >= 4 is 29.0 Å². The number of hydrogen-bond donors (Lipinski definition) is 1. The third-order valence-corrected chi connectivity index (χ3v) is 3.46. The van der Waals surface area contributed by atoms with E-state index in [4.69, 9.17) is 28.3 Å².